The van der Waals surface area contributed by atoms with Crippen molar-refractivity contribution in [2.24, 2.45) is 0 Å². The molecule has 148 valence electrons. The molecule has 0 amide bonds. The summed E-state index contributed by atoms with van der Waals surface area (Å²) in [5.41, 5.74) is 0. The van der Waals surface area contributed by atoms with Crippen LogP contribution in [0.3, 0.4) is 0 Å². The molecule has 1 aliphatic heterocycles. The molecule has 2 rings (SSSR count). The molecule has 0 bridgehead atoms. The van der Waals surface area contributed by atoms with Gasteiger partial charge in [0.25, 0.3) is 0 Å². The largest absolute Gasteiger partial charge is 0.493 e. The predicted molar refractivity (Wildman–Crippen MR) is 90.0 cm³/mol. The average Bonchev–Trinajstić information content (AvgIpc) is 2.59. The van der Waals surface area contributed by atoms with E-state index in [9.17, 15) is 14.4 Å². The average molecular weight is 382 g/mol. The summed E-state index contributed by atoms with van der Waals surface area (Å²) in [4.78, 5) is 34.5. The molecule has 0 saturated carbocycles. The highest BCUT2D eigenvalue weighted by Gasteiger charge is 2.48. The van der Waals surface area contributed by atoms with Crippen LogP contribution in [-0.4, -0.2) is 56.2 Å². The minimum atomic E-state index is -1.16. The maximum absolute atomic E-state index is 11.6. The number of esters is 3. The summed E-state index contributed by atoms with van der Waals surface area (Å²) in [7, 11) is 1.48. The fourth-order valence-corrected chi connectivity index (χ4v) is 2.65. The number of carbonyl (C=O) groups excluding carboxylic acids is 3. The standard InChI is InChI=1S/C18H22O9/c1-10(19)24-15-9-23-18(27-14-8-6-5-7-13(14)22-4)17(26-12(3)21)16(15)25-11(2)20/h5-8,15-18H,9H2,1-4H3. The molecule has 0 aliphatic carbocycles. The summed E-state index contributed by atoms with van der Waals surface area (Å²) in [5, 5.41) is 0. The molecule has 1 fully saturated rings. The zero-order valence-corrected chi connectivity index (χ0v) is 15.5. The lowest BCUT2D eigenvalue weighted by molar-refractivity contribution is -0.260. The molecule has 9 nitrogen and oxygen atoms in total. The van der Waals surface area contributed by atoms with Crippen LogP contribution < -0.4 is 9.47 Å². The Morgan fingerprint density at radius 2 is 1.44 bits per heavy atom. The molecule has 0 N–H and O–H groups in total. The van der Waals surface area contributed by atoms with Gasteiger partial charge in [-0.3, -0.25) is 14.4 Å². The first-order chi connectivity index (χ1) is 12.8. The fourth-order valence-electron chi connectivity index (χ4n) is 2.65. The normalized spacial score (nSPS) is 24.4. The van der Waals surface area contributed by atoms with Crippen LogP contribution in [0.4, 0.5) is 0 Å². The summed E-state index contributed by atoms with van der Waals surface area (Å²) in [6, 6.07) is 6.82. The Labute approximate surface area is 156 Å². The molecule has 0 aromatic heterocycles. The molecule has 1 aromatic rings. The van der Waals surface area contributed by atoms with Gasteiger partial charge in [-0.2, -0.15) is 0 Å². The highest BCUT2D eigenvalue weighted by atomic mass is 16.7. The van der Waals surface area contributed by atoms with E-state index in [-0.39, 0.29) is 6.61 Å². The van der Waals surface area contributed by atoms with Crippen LogP contribution in [0.2, 0.25) is 0 Å². The van der Waals surface area contributed by atoms with E-state index in [1.807, 2.05) is 0 Å². The maximum atomic E-state index is 11.6. The van der Waals surface area contributed by atoms with Crippen molar-refractivity contribution in [3.8, 4) is 11.5 Å². The number of benzene rings is 1. The van der Waals surface area contributed by atoms with Gasteiger partial charge in [0.2, 0.25) is 12.4 Å². The smallest absolute Gasteiger partial charge is 0.303 e. The number of carbonyl (C=O) groups is 3. The van der Waals surface area contributed by atoms with Gasteiger partial charge in [0.1, 0.15) is 0 Å². The second kappa shape index (κ2) is 9.22. The van der Waals surface area contributed by atoms with Crippen LogP contribution in [0, 0.1) is 0 Å². The van der Waals surface area contributed by atoms with Crippen molar-refractivity contribution in [1.82, 2.24) is 0 Å². The fraction of sp³-hybridized carbons (Fsp3) is 0.500. The molecule has 0 radical (unpaired) electrons. The highest BCUT2D eigenvalue weighted by molar-refractivity contribution is 5.68. The Balaban J connectivity index is 2.31. The van der Waals surface area contributed by atoms with E-state index in [0.29, 0.717) is 11.5 Å². The lowest BCUT2D eigenvalue weighted by atomic mass is 10.0. The molecular weight excluding hydrogens is 360 g/mol. The lowest BCUT2D eigenvalue weighted by Gasteiger charge is -2.40. The molecule has 4 atom stereocenters. The monoisotopic (exact) mass is 382 g/mol. The number of hydrogen-bond acceptors (Lipinski definition) is 9. The number of rotatable bonds is 6. The molecule has 1 aliphatic rings. The van der Waals surface area contributed by atoms with Crippen molar-refractivity contribution in [2.45, 2.75) is 45.4 Å². The number of para-hydroxylation sites is 2. The summed E-state index contributed by atoms with van der Waals surface area (Å²) in [6.07, 6.45) is -4.31. The molecule has 1 saturated heterocycles. The van der Waals surface area contributed by atoms with E-state index < -0.39 is 42.5 Å². The van der Waals surface area contributed by atoms with Gasteiger partial charge in [-0.15, -0.1) is 0 Å². The van der Waals surface area contributed by atoms with Gasteiger partial charge >= 0.3 is 17.9 Å². The van der Waals surface area contributed by atoms with Gasteiger partial charge < -0.3 is 28.4 Å². The van der Waals surface area contributed by atoms with E-state index >= 15 is 0 Å². The third kappa shape index (κ3) is 5.58. The first-order valence-corrected chi connectivity index (χ1v) is 8.24. The van der Waals surface area contributed by atoms with Crippen LogP contribution in [0.5, 0.6) is 11.5 Å². The van der Waals surface area contributed by atoms with Crippen molar-refractivity contribution < 1.29 is 42.8 Å². The van der Waals surface area contributed by atoms with Gasteiger partial charge in [-0.1, -0.05) is 12.1 Å². The van der Waals surface area contributed by atoms with E-state index in [1.54, 1.807) is 24.3 Å². The number of ether oxygens (including phenoxy) is 6. The van der Waals surface area contributed by atoms with Crippen molar-refractivity contribution in [3.05, 3.63) is 24.3 Å². The van der Waals surface area contributed by atoms with Gasteiger partial charge in [0, 0.05) is 20.8 Å². The van der Waals surface area contributed by atoms with Crippen LogP contribution in [0.1, 0.15) is 20.8 Å². The predicted octanol–water partition coefficient (Wildman–Crippen LogP) is 1.23. The highest BCUT2D eigenvalue weighted by Crippen LogP contribution is 2.31. The summed E-state index contributed by atoms with van der Waals surface area (Å²) < 4.78 is 32.3. The van der Waals surface area contributed by atoms with Crippen molar-refractivity contribution >= 4 is 17.9 Å². The van der Waals surface area contributed by atoms with Gasteiger partial charge in [0.15, 0.2) is 23.7 Å². The molecule has 0 spiro atoms. The van der Waals surface area contributed by atoms with Crippen LogP contribution >= 0.6 is 0 Å². The SMILES string of the molecule is COc1ccccc1OC1OCC(OC(C)=O)C(OC(C)=O)C1OC(C)=O. The lowest BCUT2D eigenvalue weighted by Crippen LogP contribution is -2.59. The first-order valence-electron chi connectivity index (χ1n) is 8.24. The molecule has 9 heteroatoms. The van der Waals surface area contributed by atoms with E-state index in [4.69, 9.17) is 28.4 Å². The second-order valence-electron chi connectivity index (χ2n) is 5.77. The van der Waals surface area contributed by atoms with E-state index in [0.717, 1.165) is 0 Å². The number of hydrogen-bond donors (Lipinski definition) is 0. The van der Waals surface area contributed by atoms with Gasteiger partial charge in [-0.05, 0) is 12.1 Å². The third-order valence-electron chi connectivity index (χ3n) is 3.62. The third-order valence-corrected chi connectivity index (χ3v) is 3.62. The molecule has 27 heavy (non-hydrogen) atoms. The van der Waals surface area contributed by atoms with E-state index in [1.165, 1.54) is 27.9 Å². The molecule has 1 heterocycles. The van der Waals surface area contributed by atoms with Crippen LogP contribution in [-0.2, 0) is 33.3 Å². The number of methoxy groups -OCH3 is 1. The molecule has 4 unspecified atom stereocenters. The summed E-state index contributed by atoms with van der Waals surface area (Å²) in [5.74, 6) is -1.08. The topological polar surface area (TPSA) is 107 Å². The minimum absolute atomic E-state index is 0.116. The Kier molecular flexibility index (Phi) is 7.00. The second-order valence-corrected chi connectivity index (χ2v) is 5.77. The zero-order valence-electron chi connectivity index (χ0n) is 15.5. The van der Waals surface area contributed by atoms with Crippen molar-refractivity contribution in [2.75, 3.05) is 13.7 Å². The summed E-state index contributed by atoms with van der Waals surface area (Å²) >= 11 is 0. The quantitative estimate of drug-likeness (QED) is 0.530. The Morgan fingerprint density at radius 3 is 2.00 bits per heavy atom. The molecular formula is C18H22O9. The van der Waals surface area contributed by atoms with Crippen molar-refractivity contribution in [1.29, 1.82) is 0 Å². The first kappa shape index (κ1) is 20.5. The Morgan fingerprint density at radius 1 is 0.889 bits per heavy atom. The zero-order chi connectivity index (χ0) is 20.0. The van der Waals surface area contributed by atoms with Crippen LogP contribution in [0.15, 0.2) is 24.3 Å². The van der Waals surface area contributed by atoms with Crippen LogP contribution in [0.25, 0.3) is 0 Å². The summed E-state index contributed by atoms with van der Waals surface area (Å²) in [6.45, 7) is 3.49. The Hall–Kier alpha value is -2.81. The van der Waals surface area contributed by atoms with Gasteiger partial charge in [0.05, 0.1) is 13.7 Å². The Bertz CT molecular complexity index is 687. The van der Waals surface area contributed by atoms with E-state index in [2.05, 4.69) is 0 Å². The van der Waals surface area contributed by atoms with Crippen molar-refractivity contribution in [3.63, 3.8) is 0 Å². The minimum Gasteiger partial charge on any atom is -0.493 e. The molecule has 1 aromatic carbocycles. The van der Waals surface area contributed by atoms with Gasteiger partial charge in [-0.25, -0.2) is 0 Å². The maximum Gasteiger partial charge on any atom is 0.303 e.